The van der Waals surface area contributed by atoms with Crippen molar-refractivity contribution in [1.29, 1.82) is 0 Å². The van der Waals surface area contributed by atoms with Gasteiger partial charge in [-0.2, -0.15) is 4.98 Å². The molecule has 1 aromatic heterocycles. The molecular formula is C27H22ClF2N3O5. The number of amides is 1. The number of hydrogen-bond donors (Lipinski definition) is 2. The smallest absolute Gasteiger partial charge is 0.335 e. The minimum absolute atomic E-state index is 0.00459. The monoisotopic (exact) mass is 541 g/mol. The van der Waals surface area contributed by atoms with E-state index in [2.05, 4.69) is 10.3 Å². The van der Waals surface area contributed by atoms with E-state index in [4.69, 9.17) is 25.9 Å². The van der Waals surface area contributed by atoms with Crippen molar-refractivity contribution in [2.75, 3.05) is 18.5 Å². The number of ether oxygens (including phenoxy) is 1. The van der Waals surface area contributed by atoms with E-state index in [0.29, 0.717) is 27.5 Å². The summed E-state index contributed by atoms with van der Waals surface area (Å²) in [6, 6.07) is 14.9. The van der Waals surface area contributed by atoms with Crippen molar-refractivity contribution in [2.45, 2.75) is 25.1 Å². The first-order chi connectivity index (χ1) is 18.3. The number of anilines is 2. The molecule has 196 valence electrons. The number of aromatic carboxylic acids is 1. The number of aromatic nitrogens is 1. The number of oxazole rings is 1. The van der Waals surface area contributed by atoms with E-state index in [0.717, 1.165) is 0 Å². The van der Waals surface area contributed by atoms with Crippen molar-refractivity contribution in [2.24, 2.45) is 0 Å². The fraction of sp³-hybridized carbons (Fsp3) is 0.222. The first kappa shape index (κ1) is 25.5. The lowest BCUT2D eigenvalue weighted by atomic mass is 10.1. The third kappa shape index (κ3) is 5.55. The minimum Gasteiger partial charge on any atom is -0.491 e. The standard InChI is InChI=1S/C27H22ClF2N3O5/c28-20-10-15(4-9-22(20)31-27-32-23-3-1-2-21(30)25(23)38-27)11-24(34)33-13-17(29)12-18(33)14-37-19-7-5-16(6-8-19)26(35)36/h1-10,17-18H,11-14H2,(H,31,32)(H,35,36)/t17-,18-/m0/s1. The second-order valence-corrected chi connectivity index (χ2v) is 9.30. The minimum atomic E-state index is -1.17. The predicted octanol–water partition coefficient (Wildman–Crippen LogP) is 5.62. The van der Waals surface area contributed by atoms with Gasteiger partial charge in [-0.3, -0.25) is 4.79 Å². The molecule has 0 spiro atoms. The number of carbonyl (C=O) groups excluding carboxylic acids is 1. The molecule has 4 aromatic rings. The van der Waals surface area contributed by atoms with E-state index in [1.807, 2.05) is 0 Å². The first-order valence-electron chi connectivity index (χ1n) is 11.8. The van der Waals surface area contributed by atoms with Gasteiger partial charge in [-0.25, -0.2) is 13.6 Å². The van der Waals surface area contributed by atoms with Gasteiger partial charge in [0.05, 0.1) is 35.3 Å². The summed E-state index contributed by atoms with van der Waals surface area (Å²) in [5, 5.41) is 12.2. The van der Waals surface area contributed by atoms with E-state index < -0.39 is 24.0 Å². The van der Waals surface area contributed by atoms with Crippen molar-refractivity contribution in [1.82, 2.24) is 9.88 Å². The Morgan fingerprint density at radius 3 is 2.68 bits per heavy atom. The van der Waals surface area contributed by atoms with Crippen molar-refractivity contribution in [3.63, 3.8) is 0 Å². The van der Waals surface area contributed by atoms with Crippen LogP contribution >= 0.6 is 11.6 Å². The zero-order chi connectivity index (χ0) is 26.8. The van der Waals surface area contributed by atoms with Gasteiger partial charge < -0.3 is 24.5 Å². The molecular weight excluding hydrogens is 520 g/mol. The maximum Gasteiger partial charge on any atom is 0.335 e. The van der Waals surface area contributed by atoms with Crippen molar-refractivity contribution in [3.05, 3.63) is 82.6 Å². The highest BCUT2D eigenvalue weighted by atomic mass is 35.5. The summed E-state index contributed by atoms with van der Waals surface area (Å²) >= 11 is 6.40. The van der Waals surface area contributed by atoms with Crippen LogP contribution in [0.3, 0.4) is 0 Å². The molecule has 38 heavy (non-hydrogen) atoms. The summed E-state index contributed by atoms with van der Waals surface area (Å²) in [4.78, 5) is 29.7. The van der Waals surface area contributed by atoms with Gasteiger partial charge in [0.25, 0.3) is 6.01 Å². The molecule has 1 aliphatic heterocycles. The maximum atomic E-state index is 14.2. The Labute approximate surface area is 220 Å². The van der Waals surface area contributed by atoms with Gasteiger partial charge in [-0.05, 0) is 54.1 Å². The van der Waals surface area contributed by atoms with Gasteiger partial charge in [0.2, 0.25) is 5.91 Å². The summed E-state index contributed by atoms with van der Waals surface area (Å²) in [5.41, 5.74) is 1.60. The highest BCUT2D eigenvalue weighted by Crippen LogP contribution is 2.30. The normalized spacial score (nSPS) is 17.1. The van der Waals surface area contributed by atoms with Crippen LogP contribution in [0.25, 0.3) is 11.1 Å². The molecule has 5 rings (SSSR count). The zero-order valence-electron chi connectivity index (χ0n) is 19.9. The number of carboxylic acid groups (broad SMARTS) is 1. The number of fused-ring (bicyclic) bond motifs is 1. The van der Waals surface area contributed by atoms with Crippen LogP contribution in [0.1, 0.15) is 22.3 Å². The molecule has 0 unspecified atom stereocenters. The Morgan fingerprint density at radius 1 is 1.18 bits per heavy atom. The first-order valence-corrected chi connectivity index (χ1v) is 12.1. The summed E-state index contributed by atoms with van der Waals surface area (Å²) < 4.78 is 39.2. The molecule has 2 atom stereocenters. The summed E-state index contributed by atoms with van der Waals surface area (Å²) in [6.07, 6.45) is -1.02. The lowest BCUT2D eigenvalue weighted by Gasteiger charge is -2.24. The molecule has 8 nitrogen and oxygen atoms in total. The number of para-hydroxylation sites is 1. The number of benzene rings is 3. The average molecular weight is 542 g/mol. The summed E-state index contributed by atoms with van der Waals surface area (Å²) in [5.74, 6) is -1.41. The lowest BCUT2D eigenvalue weighted by Crippen LogP contribution is -2.40. The Bertz CT molecular complexity index is 1490. The summed E-state index contributed by atoms with van der Waals surface area (Å²) in [6.45, 7) is 0.0414. The quantitative estimate of drug-likeness (QED) is 0.298. The molecule has 0 radical (unpaired) electrons. The Kier molecular flexibility index (Phi) is 7.15. The Balaban J connectivity index is 1.22. The Hall–Kier alpha value is -4.18. The van der Waals surface area contributed by atoms with Crippen LogP contribution in [0.2, 0.25) is 5.02 Å². The van der Waals surface area contributed by atoms with E-state index >= 15 is 0 Å². The highest BCUT2D eigenvalue weighted by molar-refractivity contribution is 6.33. The molecule has 11 heteroatoms. The van der Waals surface area contributed by atoms with Gasteiger partial charge >= 0.3 is 5.97 Å². The number of nitrogens with zero attached hydrogens (tertiary/aromatic N) is 2. The van der Waals surface area contributed by atoms with Crippen LogP contribution in [-0.4, -0.2) is 52.2 Å². The van der Waals surface area contributed by atoms with Crippen LogP contribution in [0.5, 0.6) is 5.75 Å². The number of carboxylic acids is 1. The summed E-state index contributed by atoms with van der Waals surface area (Å²) in [7, 11) is 0. The molecule has 1 amide bonds. The molecule has 3 aromatic carbocycles. The maximum absolute atomic E-state index is 14.2. The molecule has 1 fully saturated rings. The topological polar surface area (TPSA) is 105 Å². The average Bonchev–Trinajstić information content (AvgIpc) is 3.48. The Morgan fingerprint density at radius 2 is 1.97 bits per heavy atom. The van der Waals surface area contributed by atoms with Crippen LogP contribution < -0.4 is 10.1 Å². The van der Waals surface area contributed by atoms with Crippen molar-refractivity contribution < 1.29 is 32.6 Å². The third-order valence-electron chi connectivity index (χ3n) is 6.22. The van der Waals surface area contributed by atoms with Gasteiger partial charge in [0, 0.05) is 6.42 Å². The number of nitrogens with one attached hydrogen (secondary N) is 1. The van der Waals surface area contributed by atoms with Gasteiger partial charge in [-0.15, -0.1) is 0 Å². The molecule has 0 aliphatic carbocycles. The number of hydrogen-bond acceptors (Lipinski definition) is 6. The zero-order valence-corrected chi connectivity index (χ0v) is 20.6. The molecule has 1 saturated heterocycles. The van der Waals surface area contributed by atoms with E-state index in [1.165, 1.54) is 41.3 Å². The molecule has 1 aliphatic rings. The molecule has 0 saturated carbocycles. The number of alkyl halides is 1. The van der Waals surface area contributed by atoms with Gasteiger partial charge in [-0.1, -0.05) is 23.7 Å². The van der Waals surface area contributed by atoms with Gasteiger partial charge in [0.1, 0.15) is 24.0 Å². The fourth-order valence-corrected chi connectivity index (χ4v) is 4.59. The predicted molar refractivity (Wildman–Crippen MR) is 136 cm³/mol. The molecule has 0 bridgehead atoms. The van der Waals surface area contributed by atoms with E-state index in [-0.39, 0.29) is 49.1 Å². The number of halogens is 3. The van der Waals surface area contributed by atoms with E-state index in [1.54, 1.807) is 24.3 Å². The highest BCUT2D eigenvalue weighted by Gasteiger charge is 2.35. The lowest BCUT2D eigenvalue weighted by molar-refractivity contribution is -0.132. The molecule has 2 heterocycles. The number of likely N-dealkylation sites (tertiary alicyclic amines) is 1. The van der Waals surface area contributed by atoms with Crippen molar-refractivity contribution in [3.8, 4) is 5.75 Å². The second kappa shape index (κ2) is 10.7. The van der Waals surface area contributed by atoms with Crippen LogP contribution in [0.15, 0.2) is 65.1 Å². The third-order valence-corrected chi connectivity index (χ3v) is 6.54. The fourth-order valence-electron chi connectivity index (χ4n) is 4.34. The van der Waals surface area contributed by atoms with Crippen LogP contribution in [0.4, 0.5) is 20.5 Å². The largest absolute Gasteiger partial charge is 0.491 e. The molecule has 2 N–H and O–H groups in total. The van der Waals surface area contributed by atoms with E-state index in [9.17, 15) is 18.4 Å². The van der Waals surface area contributed by atoms with Gasteiger partial charge in [0.15, 0.2) is 11.4 Å². The number of carbonyl (C=O) groups is 2. The van der Waals surface area contributed by atoms with Crippen LogP contribution in [-0.2, 0) is 11.2 Å². The second-order valence-electron chi connectivity index (χ2n) is 8.90. The SMILES string of the molecule is O=C(O)c1ccc(OC[C@@H]2C[C@H](F)CN2C(=O)Cc2ccc(Nc3nc4cccc(F)c4o3)c(Cl)c2)cc1. The van der Waals surface area contributed by atoms with Crippen LogP contribution in [0, 0.1) is 5.82 Å². The van der Waals surface area contributed by atoms with Crippen molar-refractivity contribution >= 4 is 46.3 Å². The number of rotatable bonds is 8.